The standard InChI is InChI=1S/C12H17ClN2O5S/c1-2-5-19-6-7-20-12(16)10-11(21(13,17)18)9(14-15-10)8-3-4-8/h8H,2-7H2,1H3,(H,14,15). The first kappa shape index (κ1) is 16.3. The normalized spacial score (nSPS) is 15.1. The highest BCUT2D eigenvalue weighted by atomic mass is 35.7. The van der Waals surface area contributed by atoms with E-state index in [4.69, 9.17) is 20.2 Å². The molecule has 9 heteroatoms. The molecule has 0 amide bonds. The van der Waals surface area contributed by atoms with Gasteiger partial charge in [0.15, 0.2) is 5.69 Å². The summed E-state index contributed by atoms with van der Waals surface area (Å²) < 4.78 is 33.4. The summed E-state index contributed by atoms with van der Waals surface area (Å²) in [6, 6.07) is 0. The number of halogens is 1. The second-order valence-corrected chi connectivity index (χ2v) is 7.28. The summed E-state index contributed by atoms with van der Waals surface area (Å²) in [5.74, 6) is -0.757. The largest absolute Gasteiger partial charge is 0.458 e. The maximum Gasteiger partial charge on any atom is 0.360 e. The van der Waals surface area contributed by atoms with E-state index in [1.54, 1.807) is 0 Å². The molecule has 1 saturated carbocycles. The summed E-state index contributed by atoms with van der Waals surface area (Å²) in [5, 5.41) is 6.34. The van der Waals surface area contributed by atoms with Gasteiger partial charge in [-0.25, -0.2) is 13.2 Å². The number of nitrogens with one attached hydrogen (secondary N) is 1. The molecule has 0 radical (unpaired) electrons. The Kier molecular flexibility index (Phi) is 5.23. The number of aromatic amines is 1. The molecule has 0 bridgehead atoms. The fourth-order valence-electron chi connectivity index (χ4n) is 1.89. The van der Waals surface area contributed by atoms with Crippen LogP contribution in [0, 0.1) is 0 Å². The minimum Gasteiger partial charge on any atom is -0.458 e. The smallest absolute Gasteiger partial charge is 0.360 e. The van der Waals surface area contributed by atoms with E-state index in [2.05, 4.69) is 10.2 Å². The predicted octanol–water partition coefficient (Wildman–Crippen LogP) is 1.80. The maximum absolute atomic E-state index is 11.9. The molecule has 2 rings (SSSR count). The van der Waals surface area contributed by atoms with E-state index in [0.29, 0.717) is 12.3 Å². The Bertz CT molecular complexity index is 609. The molecule has 0 aliphatic heterocycles. The van der Waals surface area contributed by atoms with Crippen molar-refractivity contribution < 1.29 is 22.7 Å². The van der Waals surface area contributed by atoms with E-state index in [9.17, 15) is 13.2 Å². The fourth-order valence-corrected chi connectivity index (χ4v) is 3.19. The van der Waals surface area contributed by atoms with Crippen molar-refractivity contribution in [3.05, 3.63) is 11.4 Å². The minimum atomic E-state index is -4.06. The van der Waals surface area contributed by atoms with Crippen LogP contribution >= 0.6 is 10.7 Å². The fraction of sp³-hybridized carbons (Fsp3) is 0.667. The van der Waals surface area contributed by atoms with Crippen LogP contribution in [0.3, 0.4) is 0 Å². The first-order chi connectivity index (χ1) is 9.95. The van der Waals surface area contributed by atoms with Crippen molar-refractivity contribution in [3.63, 3.8) is 0 Å². The predicted molar refractivity (Wildman–Crippen MR) is 75.0 cm³/mol. The Morgan fingerprint density at radius 3 is 2.67 bits per heavy atom. The summed E-state index contributed by atoms with van der Waals surface area (Å²) in [7, 11) is 1.34. The zero-order valence-electron chi connectivity index (χ0n) is 11.6. The van der Waals surface area contributed by atoms with Crippen LogP contribution in [0.4, 0.5) is 0 Å². The molecule has 7 nitrogen and oxygen atoms in total. The molecular formula is C12H17ClN2O5S. The van der Waals surface area contributed by atoms with Crippen LogP contribution in [-0.2, 0) is 18.5 Å². The number of aromatic nitrogens is 2. The highest BCUT2D eigenvalue weighted by Crippen LogP contribution is 2.43. The lowest BCUT2D eigenvalue weighted by atomic mass is 10.2. The Labute approximate surface area is 127 Å². The Balaban J connectivity index is 2.07. The summed E-state index contributed by atoms with van der Waals surface area (Å²) >= 11 is 0. The quantitative estimate of drug-likeness (QED) is 0.441. The van der Waals surface area contributed by atoms with Crippen LogP contribution in [0.5, 0.6) is 0 Å². The number of hydrogen-bond donors (Lipinski definition) is 1. The lowest BCUT2D eigenvalue weighted by Gasteiger charge is -2.05. The molecular weight excluding hydrogens is 320 g/mol. The number of nitrogens with zero attached hydrogens (tertiary/aromatic N) is 1. The van der Waals surface area contributed by atoms with Crippen molar-refractivity contribution in [2.24, 2.45) is 0 Å². The number of esters is 1. The van der Waals surface area contributed by atoms with Crippen LogP contribution in [0.25, 0.3) is 0 Å². The molecule has 1 aliphatic carbocycles. The van der Waals surface area contributed by atoms with Crippen molar-refractivity contribution in [3.8, 4) is 0 Å². The van der Waals surface area contributed by atoms with Crippen LogP contribution in [0.15, 0.2) is 4.90 Å². The molecule has 1 aliphatic rings. The first-order valence-corrected chi connectivity index (χ1v) is 9.03. The molecule has 118 valence electrons. The molecule has 1 aromatic rings. The first-order valence-electron chi connectivity index (χ1n) is 6.73. The Morgan fingerprint density at radius 1 is 1.38 bits per heavy atom. The molecule has 0 unspecified atom stereocenters. The van der Waals surface area contributed by atoms with Crippen molar-refractivity contribution in [1.29, 1.82) is 0 Å². The lowest BCUT2D eigenvalue weighted by Crippen LogP contribution is -2.14. The Hall–Kier alpha value is -1.12. The molecule has 0 aromatic carbocycles. The topological polar surface area (TPSA) is 98.3 Å². The zero-order valence-corrected chi connectivity index (χ0v) is 13.2. The van der Waals surface area contributed by atoms with Gasteiger partial charge in [-0.15, -0.1) is 0 Å². The molecule has 0 saturated heterocycles. The molecule has 1 aromatic heterocycles. The van der Waals surface area contributed by atoms with Crippen molar-refractivity contribution >= 4 is 25.7 Å². The van der Waals surface area contributed by atoms with Crippen LogP contribution in [0.1, 0.15) is 48.3 Å². The van der Waals surface area contributed by atoms with Crippen LogP contribution in [-0.4, -0.2) is 44.4 Å². The number of H-pyrrole nitrogens is 1. The third kappa shape index (κ3) is 4.18. The number of hydrogen-bond acceptors (Lipinski definition) is 6. The SMILES string of the molecule is CCCOCCOC(=O)c1n[nH]c(C2CC2)c1S(=O)(=O)Cl. The van der Waals surface area contributed by atoms with E-state index in [1.165, 1.54) is 0 Å². The Morgan fingerprint density at radius 2 is 2.10 bits per heavy atom. The van der Waals surface area contributed by atoms with E-state index >= 15 is 0 Å². The van der Waals surface area contributed by atoms with Crippen molar-refractivity contribution in [2.45, 2.75) is 37.0 Å². The highest BCUT2D eigenvalue weighted by molar-refractivity contribution is 8.13. The van der Waals surface area contributed by atoms with Gasteiger partial charge in [0, 0.05) is 23.2 Å². The maximum atomic E-state index is 11.9. The van der Waals surface area contributed by atoms with Crippen molar-refractivity contribution in [2.75, 3.05) is 19.8 Å². The van der Waals surface area contributed by atoms with Crippen LogP contribution < -0.4 is 0 Å². The van der Waals surface area contributed by atoms with Gasteiger partial charge in [-0.3, -0.25) is 5.10 Å². The third-order valence-electron chi connectivity index (χ3n) is 2.98. The van der Waals surface area contributed by atoms with E-state index in [1.807, 2.05) is 6.92 Å². The van der Waals surface area contributed by atoms with Gasteiger partial charge < -0.3 is 9.47 Å². The van der Waals surface area contributed by atoms with E-state index < -0.39 is 15.0 Å². The van der Waals surface area contributed by atoms with E-state index in [0.717, 1.165) is 19.3 Å². The highest BCUT2D eigenvalue weighted by Gasteiger charge is 2.36. The minimum absolute atomic E-state index is 0.0340. The van der Waals surface area contributed by atoms with Crippen LogP contribution in [0.2, 0.25) is 0 Å². The van der Waals surface area contributed by atoms with Gasteiger partial charge >= 0.3 is 5.97 Å². The monoisotopic (exact) mass is 336 g/mol. The molecule has 1 fully saturated rings. The second kappa shape index (κ2) is 6.76. The third-order valence-corrected chi connectivity index (χ3v) is 4.34. The molecule has 21 heavy (non-hydrogen) atoms. The summed E-state index contributed by atoms with van der Waals surface area (Å²) in [4.78, 5) is 11.7. The van der Waals surface area contributed by atoms with E-state index in [-0.39, 0.29) is 29.7 Å². The molecule has 0 spiro atoms. The summed E-state index contributed by atoms with van der Waals surface area (Å²) in [6.45, 7) is 2.83. The molecule has 1 heterocycles. The van der Waals surface area contributed by atoms with Gasteiger partial charge in [0.25, 0.3) is 9.05 Å². The van der Waals surface area contributed by atoms with Gasteiger partial charge in [0.05, 0.1) is 12.3 Å². The number of ether oxygens (including phenoxy) is 2. The lowest BCUT2D eigenvalue weighted by molar-refractivity contribution is 0.0309. The van der Waals surface area contributed by atoms with Gasteiger partial charge in [0.1, 0.15) is 11.5 Å². The number of carbonyl (C=O) groups is 1. The molecule has 0 atom stereocenters. The van der Waals surface area contributed by atoms with Gasteiger partial charge in [0.2, 0.25) is 0 Å². The van der Waals surface area contributed by atoms with Gasteiger partial charge in [-0.2, -0.15) is 5.10 Å². The summed E-state index contributed by atoms with van der Waals surface area (Å²) in [5.41, 5.74) is 0.0987. The van der Waals surface area contributed by atoms with Crippen molar-refractivity contribution in [1.82, 2.24) is 10.2 Å². The number of rotatable bonds is 8. The average molecular weight is 337 g/mol. The second-order valence-electron chi connectivity index (χ2n) is 4.78. The van der Waals surface area contributed by atoms with Gasteiger partial charge in [-0.1, -0.05) is 6.92 Å². The molecule has 1 N–H and O–H groups in total. The average Bonchev–Trinajstić information content (AvgIpc) is 3.15. The van der Waals surface area contributed by atoms with Gasteiger partial charge in [-0.05, 0) is 19.3 Å². The summed E-state index contributed by atoms with van der Waals surface area (Å²) in [6.07, 6.45) is 2.56. The zero-order chi connectivity index (χ0) is 15.5. The number of carbonyl (C=O) groups excluding carboxylic acids is 1.